The lowest BCUT2D eigenvalue weighted by molar-refractivity contribution is -0.122. The molecule has 0 atom stereocenters. The van der Waals surface area contributed by atoms with Gasteiger partial charge in [-0.3, -0.25) is 4.79 Å². The molecule has 11 heavy (non-hydrogen) atoms. The third-order valence-corrected chi connectivity index (χ3v) is 1.79. The number of nitrogens with one attached hydrogen (secondary N) is 1. The number of carbonyl (C=O) groups is 1. The van der Waals surface area contributed by atoms with Crippen LogP contribution in [0.25, 0.3) is 0 Å². The SMILES string of the molecule is C/C=C/CCNC(=O)C1CC1. The summed E-state index contributed by atoms with van der Waals surface area (Å²) in [7, 11) is 0. The highest BCUT2D eigenvalue weighted by molar-refractivity contribution is 5.80. The molecule has 0 unspecified atom stereocenters. The first-order valence-electron chi connectivity index (χ1n) is 4.23. The predicted molar refractivity (Wildman–Crippen MR) is 45.2 cm³/mol. The smallest absolute Gasteiger partial charge is 0.223 e. The molecule has 0 aromatic heterocycles. The van der Waals surface area contributed by atoms with Gasteiger partial charge in [-0.2, -0.15) is 0 Å². The fourth-order valence-corrected chi connectivity index (χ4v) is 0.935. The Labute approximate surface area is 67.7 Å². The predicted octanol–water partition coefficient (Wildman–Crippen LogP) is 1.48. The number of hydrogen-bond donors (Lipinski definition) is 1. The number of carbonyl (C=O) groups excluding carboxylic acids is 1. The van der Waals surface area contributed by atoms with Crippen molar-refractivity contribution < 1.29 is 4.79 Å². The molecule has 1 N–H and O–H groups in total. The lowest BCUT2D eigenvalue weighted by Crippen LogP contribution is -2.25. The molecule has 1 amide bonds. The van der Waals surface area contributed by atoms with Crippen LogP contribution in [0.15, 0.2) is 12.2 Å². The van der Waals surface area contributed by atoms with Gasteiger partial charge in [-0.15, -0.1) is 0 Å². The Morgan fingerprint density at radius 3 is 2.91 bits per heavy atom. The average Bonchev–Trinajstić information content (AvgIpc) is 2.79. The Balaban J connectivity index is 1.97. The molecule has 2 heteroatoms. The van der Waals surface area contributed by atoms with E-state index >= 15 is 0 Å². The summed E-state index contributed by atoms with van der Waals surface area (Å²) in [6, 6.07) is 0. The van der Waals surface area contributed by atoms with Crippen LogP contribution < -0.4 is 5.32 Å². The van der Waals surface area contributed by atoms with Gasteiger partial charge in [0.2, 0.25) is 5.91 Å². The molecule has 2 nitrogen and oxygen atoms in total. The van der Waals surface area contributed by atoms with Crippen LogP contribution in [0, 0.1) is 5.92 Å². The Bertz CT molecular complexity index is 159. The molecule has 0 spiro atoms. The molecule has 1 aliphatic carbocycles. The van der Waals surface area contributed by atoms with Gasteiger partial charge in [-0.1, -0.05) is 12.2 Å². The van der Waals surface area contributed by atoms with E-state index in [4.69, 9.17) is 0 Å². The molecular formula is C9H15NO. The van der Waals surface area contributed by atoms with Crippen molar-refractivity contribution in [3.63, 3.8) is 0 Å². The monoisotopic (exact) mass is 153 g/mol. The van der Waals surface area contributed by atoms with Crippen molar-refractivity contribution in [3.05, 3.63) is 12.2 Å². The first-order valence-corrected chi connectivity index (χ1v) is 4.23. The van der Waals surface area contributed by atoms with Crippen LogP contribution >= 0.6 is 0 Å². The van der Waals surface area contributed by atoms with E-state index in [-0.39, 0.29) is 5.91 Å². The van der Waals surface area contributed by atoms with Crippen LogP contribution in [0.5, 0.6) is 0 Å². The summed E-state index contributed by atoms with van der Waals surface area (Å²) in [6.07, 6.45) is 7.20. The van der Waals surface area contributed by atoms with Gasteiger partial charge in [-0.05, 0) is 26.2 Å². The minimum absolute atomic E-state index is 0.245. The number of amides is 1. The number of hydrogen-bond acceptors (Lipinski definition) is 1. The Kier molecular flexibility index (Phi) is 3.14. The second kappa shape index (κ2) is 4.16. The molecule has 1 fully saturated rings. The summed E-state index contributed by atoms with van der Waals surface area (Å²) in [4.78, 5) is 11.0. The molecule has 62 valence electrons. The van der Waals surface area contributed by atoms with E-state index in [0.29, 0.717) is 5.92 Å². The zero-order valence-electron chi connectivity index (χ0n) is 6.97. The normalized spacial score (nSPS) is 17.2. The average molecular weight is 153 g/mol. The zero-order valence-corrected chi connectivity index (χ0v) is 6.97. The van der Waals surface area contributed by atoms with Crippen LogP contribution in [0.4, 0.5) is 0 Å². The fourth-order valence-electron chi connectivity index (χ4n) is 0.935. The van der Waals surface area contributed by atoms with E-state index in [2.05, 4.69) is 11.4 Å². The van der Waals surface area contributed by atoms with Gasteiger partial charge in [0.25, 0.3) is 0 Å². The number of rotatable bonds is 4. The summed E-state index contributed by atoms with van der Waals surface area (Å²) in [5.41, 5.74) is 0. The lowest BCUT2D eigenvalue weighted by atomic mass is 10.3. The molecule has 0 bridgehead atoms. The quantitative estimate of drug-likeness (QED) is 0.481. The minimum Gasteiger partial charge on any atom is -0.356 e. The third-order valence-electron chi connectivity index (χ3n) is 1.79. The molecule has 1 saturated carbocycles. The molecule has 0 saturated heterocycles. The summed E-state index contributed by atoms with van der Waals surface area (Å²) in [5.74, 6) is 0.593. The van der Waals surface area contributed by atoms with Gasteiger partial charge < -0.3 is 5.32 Å². The highest BCUT2D eigenvalue weighted by Gasteiger charge is 2.28. The maximum atomic E-state index is 11.0. The van der Waals surface area contributed by atoms with Crippen molar-refractivity contribution in [1.82, 2.24) is 5.32 Å². The molecule has 0 aromatic carbocycles. The molecule has 0 aliphatic heterocycles. The van der Waals surface area contributed by atoms with Gasteiger partial charge in [0.15, 0.2) is 0 Å². The molecule has 0 radical (unpaired) electrons. The Hall–Kier alpha value is -0.790. The van der Waals surface area contributed by atoms with E-state index in [9.17, 15) is 4.79 Å². The number of allylic oxidation sites excluding steroid dienone is 1. The van der Waals surface area contributed by atoms with E-state index in [0.717, 1.165) is 25.8 Å². The van der Waals surface area contributed by atoms with E-state index in [1.807, 2.05) is 13.0 Å². The first kappa shape index (κ1) is 8.31. The first-order chi connectivity index (χ1) is 5.34. The van der Waals surface area contributed by atoms with E-state index < -0.39 is 0 Å². The Morgan fingerprint density at radius 1 is 1.64 bits per heavy atom. The van der Waals surface area contributed by atoms with Crippen LogP contribution in [-0.2, 0) is 4.79 Å². The largest absolute Gasteiger partial charge is 0.356 e. The minimum atomic E-state index is 0.245. The van der Waals surface area contributed by atoms with Crippen molar-refractivity contribution in [2.75, 3.05) is 6.54 Å². The van der Waals surface area contributed by atoms with Crippen LogP contribution in [0.1, 0.15) is 26.2 Å². The maximum absolute atomic E-state index is 11.0. The molecule has 0 aromatic rings. The van der Waals surface area contributed by atoms with Gasteiger partial charge in [0.1, 0.15) is 0 Å². The van der Waals surface area contributed by atoms with Gasteiger partial charge >= 0.3 is 0 Å². The van der Waals surface area contributed by atoms with Crippen molar-refractivity contribution in [3.8, 4) is 0 Å². The Morgan fingerprint density at radius 2 is 2.36 bits per heavy atom. The zero-order chi connectivity index (χ0) is 8.10. The second-order valence-corrected chi connectivity index (χ2v) is 2.92. The molecular weight excluding hydrogens is 138 g/mol. The van der Waals surface area contributed by atoms with E-state index in [1.54, 1.807) is 0 Å². The standard InChI is InChI=1S/C9H15NO/c1-2-3-4-7-10-9(11)8-5-6-8/h2-3,8H,4-7H2,1H3,(H,10,11)/b3-2+. The van der Waals surface area contributed by atoms with Crippen LogP contribution in [0.3, 0.4) is 0 Å². The van der Waals surface area contributed by atoms with Gasteiger partial charge in [-0.25, -0.2) is 0 Å². The van der Waals surface area contributed by atoms with Crippen LogP contribution in [0.2, 0.25) is 0 Å². The van der Waals surface area contributed by atoms with Gasteiger partial charge in [0.05, 0.1) is 0 Å². The summed E-state index contributed by atoms with van der Waals surface area (Å²) >= 11 is 0. The summed E-state index contributed by atoms with van der Waals surface area (Å²) in [6.45, 7) is 2.78. The molecule has 0 heterocycles. The topological polar surface area (TPSA) is 29.1 Å². The van der Waals surface area contributed by atoms with E-state index in [1.165, 1.54) is 0 Å². The summed E-state index contributed by atoms with van der Waals surface area (Å²) in [5, 5.41) is 2.89. The van der Waals surface area contributed by atoms with Crippen molar-refractivity contribution in [1.29, 1.82) is 0 Å². The highest BCUT2D eigenvalue weighted by Crippen LogP contribution is 2.28. The van der Waals surface area contributed by atoms with Crippen molar-refractivity contribution in [2.24, 2.45) is 5.92 Å². The summed E-state index contributed by atoms with van der Waals surface area (Å²) < 4.78 is 0. The maximum Gasteiger partial charge on any atom is 0.223 e. The molecule has 1 rings (SSSR count). The fraction of sp³-hybridized carbons (Fsp3) is 0.667. The second-order valence-electron chi connectivity index (χ2n) is 2.92. The highest BCUT2D eigenvalue weighted by atomic mass is 16.2. The lowest BCUT2D eigenvalue weighted by Gasteiger charge is -1.99. The van der Waals surface area contributed by atoms with Crippen LogP contribution in [-0.4, -0.2) is 12.5 Å². The van der Waals surface area contributed by atoms with Crippen molar-refractivity contribution >= 4 is 5.91 Å². The van der Waals surface area contributed by atoms with Crippen molar-refractivity contribution in [2.45, 2.75) is 26.2 Å². The third kappa shape index (κ3) is 3.21. The molecule has 1 aliphatic rings. The van der Waals surface area contributed by atoms with Gasteiger partial charge in [0, 0.05) is 12.5 Å².